The molecular formula is C15H22N2O3. The molecule has 20 heavy (non-hydrogen) atoms. The molecule has 1 amide bonds. The largest absolute Gasteiger partial charge is 0.504 e. The number of nitrogens with zero attached hydrogens (tertiary/aromatic N) is 1. The van der Waals surface area contributed by atoms with Crippen LogP contribution in [-0.2, 0) is 0 Å². The molecule has 2 rings (SSSR count). The van der Waals surface area contributed by atoms with Crippen molar-refractivity contribution in [2.45, 2.75) is 32.2 Å². The normalized spacial score (nSPS) is 21.9. The highest BCUT2D eigenvalue weighted by molar-refractivity contribution is 5.95. The van der Waals surface area contributed by atoms with E-state index in [1.165, 1.54) is 18.2 Å². The van der Waals surface area contributed by atoms with Crippen molar-refractivity contribution < 1.29 is 15.0 Å². The van der Waals surface area contributed by atoms with E-state index in [1.54, 1.807) is 0 Å². The average Bonchev–Trinajstić information content (AvgIpc) is 2.91. The predicted octanol–water partition coefficient (Wildman–Crippen LogP) is 1.69. The SMILES string of the molecule is CCN(C(=O)c1ccc(O)c(O)c1)C1CCCC1CN. The summed E-state index contributed by atoms with van der Waals surface area (Å²) in [6, 6.07) is 4.36. The predicted molar refractivity (Wildman–Crippen MR) is 76.7 cm³/mol. The van der Waals surface area contributed by atoms with Crippen LogP contribution < -0.4 is 5.73 Å². The van der Waals surface area contributed by atoms with Crippen molar-refractivity contribution in [1.29, 1.82) is 0 Å². The lowest BCUT2D eigenvalue weighted by atomic mass is 10.0. The van der Waals surface area contributed by atoms with Gasteiger partial charge in [0.05, 0.1) is 0 Å². The molecule has 1 aromatic carbocycles. The minimum absolute atomic E-state index is 0.117. The Morgan fingerprint density at radius 2 is 2.10 bits per heavy atom. The zero-order valence-corrected chi connectivity index (χ0v) is 11.7. The van der Waals surface area contributed by atoms with E-state index in [2.05, 4.69) is 0 Å². The van der Waals surface area contributed by atoms with E-state index in [9.17, 15) is 15.0 Å². The number of phenols is 2. The Kier molecular flexibility index (Phi) is 4.49. The van der Waals surface area contributed by atoms with Gasteiger partial charge in [-0.3, -0.25) is 4.79 Å². The van der Waals surface area contributed by atoms with E-state index in [1.807, 2.05) is 11.8 Å². The first-order valence-corrected chi connectivity index (χ1v) is 7.11. The summed E-state index contributed by atoms with van der Waals surface area (Å²) in [5.41, 5.74) is 6.18. The Balaban J connectivity index is 2.22. The van der Waals surface area contributed by atoms with E-state index in [-0.39, 0.29) is 23.4 Å². The molecule has 0 heterocycles. The Hall–Kier alpha value is -1.75. The molecule has 4 N–H and O–H groups in total. The number of hydrogen-bond donors (Lipinski definition) is 3. The minimum atomic E-state index is -0.270. The summed E-state index contributed by atoms with van der Waals surface area (Å²) in [5.74, 6) is -0.253. The molecule has 5 heteroatoms. The number of aromatic hydroxyl groups is 2. The first-order valence-electron chi connectivity index (χ1n) is 7.11. The maximum Gasteiger partial charge on any atom is 0.254 e. The molecule has 0 saturated heterocycles. The molecule has 0 bridgehead atoms. The lowest BCUT2D eigenvalue weighted by molar-refractivity contribution is 0.0651. The van der Waals surface area contributed by atoms with Crippen LogP contribution in [0.4, 0.5) is 0 Å². The van der Waals surface area contributed by atoms with Crippen LogP contribution in [0.25, 0.3) is 0 Å². The smallest absolute Gasteiger partial charge is 0.254 e. The summed E-state index contributed by atoms with van der Waals surface area (Å²) in [6.45, 7) is 3.15. The fourth-order valence-electron chi connectivity index (χ4n) is 3.05. The number of phenolic OH excluding ortho intramolecular Hbond substituents is 2. The van der Waals surface area contributed by atoms with Gasteiger partial charge in [0.1, 0.15) is 0 Å². The Morgan fingerprint density at radius 1 is 1.35 bits per heavy atom. The molecule has 0 aliphatic heterocycles. The van der Waals surface area contributed by atoms with Crippen molar-refractivity contribution in [3.8, 4) is 11.5 Å². The monoisotopic (exact) mass is 278 g/mol. The molecule has 2 atom stereocenters. The van der Waals surface area contributed by atoms with Crippen LogP contribution in [-0.4, -0.2) is 40.2 Å². The van der Waals surface area contributed by atoms with Crippen molar-refractivity contribution in [3.63, 3.8) is 0 Å². The molecular weight excluding hydrogens is 256 g/mol. The maximum atomic E-state index is 12.6. The van der Waals surface area contributed by atoms with Gasteiger partial charge in [0.15, 0.2) is 11.5 Å². The van der Waals surface area contributed by atoms with Gasteiger partial charge >= 0.3 is 0 Å². The van der Waals surface area contributed by atoms with Crippen molar-refractivity contribution in [2.75, 3.05) is 13.1 Å². The molecule has 1 saturated carbocycles. The van der Waals surface area contributed by atoms with E-state index < -0.39 is 0 Å². The zero-order chi connectivity index (χ0) is 14.7. The van der Waals surface area contributed by atoms with Gasteiger partial charge in [-0.25, -0.2) is 0 Å². The Labute approximate surface area is 119 Å². The fraction of sp³-hybridized carbons (Fsp3) is 0.533. The Morgan fingerprint density at radius 3 is 2.70 bits per heavy atom. The van der Waals surface area contributed by atoms with Crippen molar-refractivity contribution >= 4 is 5.91 Å². The Bertz CT molecular complexity index is 490. The number of carbonyl (C=O) groups excluding carboxylic acids is 1. The third-order valence-corrected chi connectivity index (χ3v) is 4.15. The highest BCUT2D eigenvalue weighted by Gasteiger charge is 2.33. The van der Waals surface area contributed by atoms with E-state index in [0.717, 1.165) is 19.3 Å². The number of nitrogens with two attached hydrogens (primary N) is 1. The fourth-order valence-corrected chi connectivity index (χ4v) is 3.05. The molecule has 110 valence electrons. The second-order valence-electron chi connectivity index (χ2n) is 5.29. The van der Waals surface area contributed by atoms with Crippen molar-refractivity contribution in [2.24, 2.45) is 11.7 Å². The summed E-state index contributed by atoms with van der Waals surface area (Å²) in [7, 11) is 0. The quantitative estimate of drug-likeness (QED) is 0.731. The van der Waals surface area contributed by atoms with Crippen LogP contribution in [0.1, 0.15) is 36.5 Å². The van der Waals surface area contributed by atoms with Crippen molar-refractivity contribution in [1.82, 2.24) is 4.90 Å². The lowest BCUT2D eigenvalue weighted by Gasteiger charge is -2.32. The molecule has 1 aliphatic rings. The number of benzene rings is 1. The number of carbonyl (C=O) groups is 1. The third-order valence-electron chi connectivity index (χ3n) is 4.15. The van der Waals surface area contributed by atoms with Crippen LogP contribution in [0.2, 0.25) is 0 Å². The number of rotatable bonds is 4. The first-order chi connectivity index (χ1) is 9.58. The first kappa shape index (κ1) is 14.7. The van der Waals surface area contributed by atoms with Gasteiger partial charge in [0.2, 0.25) is 0 Å². The summed E-state index contributed by atoms with van der Waals surface area (Å²) in [6.07, 6.45) is 3.13. The standard InChI is InChI=1S/C15H22N2O3/c1-2-17(12-5-3-4-11(12)9-16)15(20)10-6-7-13(18)14(19)8-10/h6-8,11-12,18-19H,2-5,9,16H2,1H3. The molecule has 1 fully saturated rings. The lowest BCUT2D eigenvalue weighted by Crippen LogP contribution is -2.44. The van der Waals surface area contributed by atoms with Crippen molar-refractivity contribution in [3.05, 3.63) is 23.8 Å². The highest BCUT2D eigenvalue weighted by atomic mass is 16.3. The summed E-state index contributed by atoms with van der Waals surface area (Å²) < 4.78 is 0. The van der Waals surface area contributed by atoms with Gasteiger partial charge in [-0.1, -0.05) is 6.42 Å². The van der Waals surface area contributed by atoms with Crippen LogP contribution >= 0.6 is 0 Å². The second-order valence-corrected chi connectivity index (χ2v) is 5.29. The van der Waals surface area contributed by atoms with Gasteiger partial charge in [0.25, 0.3) is 5.91 Å². The van der Waals surface area contributed by atoms with E-state index >= 15 is 0 Å². The minimum Gasteiger partial charge on any atom is -0.504 e. The molecule has 1 aromatic rings. The summed E-state index contributed by atoms with van der Waals surface area (Å²) in [4.78, 5) is 14.4. The molecule has 2 unspecified atom stereocenters. The summed E-state index contributed by atoms with van der Waals surface area (Å²) >= 11 is 0. The van der Waals surface area contributed by atoms with Gasteiger partial charge in [-0.05, 0) is 50.4 Å². The number of amides is 1. The van der Waals surface area contributed by atoms with Gasteiger partial charge in [-0.2, -0.15) is 0 Å². The molecule has 0 spiro atoms. The van der Waals surface area contributed by atoms with Gasteiger partial charge in [0, 0.05) is 18.2 Å². The zero-order valence-electron chi connectivity index (χ0n) is 11.7. The van der Waals surface area contributed by atoms with Crippen LogP contribution in [0.5, 0.6) is 11.5 Å². The van der Waals surface area contributed by atoms with E-state index in [0.29, 0.717) is 24.6 Å². The van der Waals surface area contributed by atoms with Crippen LogP contribution in [0, 0.1) is 5.92 Å². The topological polar surface area (TPSA) is 86.8 Å². The van der Waals surface area contributed by atoms with Crippen LogP contribution in [0.3, 0.4) is 0 Å². The second kappa shape index (κ2) is 6.13. The third kappa shape index (κ3) is 2.72. The summed E-state index contributed by atoms with van der Waals surface area (Å²) in [5, 5.41) is 18.8. The molecule has 5 nitrogen and oxygen atoms in total. The highest BCUT2D eigenvalue weighted by Crippen LogP contribution is 2.31. The molecule has 1 aliphatic carbocycles. The molecule has 0 radical (unpaired) electrons. The number of hydrogen-bond acceptors (Lipinski definition) is 4. The molecule has 0 aromatic heterocycles. The maximum absolute atomic E-state index is 12.6. The van der Waals surface area contributed by atoms with Gasteiger partial charge in [-0.15, -0.1) is 0 Å². The van der Waals surface area contributed by atoms with Crippen LogP contribution in [0.15, 0.2) is 18.2 Å². The van der Waals surface area contributed by atoms with E-state index in [4.69, 9.17) is 5.73 Å². The van der Waals surface area contributed by atoms with Gasteiger partial charge < -0.3 is 20.8 Å². The average molecular weight is 278 g/mol.